The van der Waals surface area contributed by atoms with Crippen LogP contribution in [-0.4, -0.2) is 17.1 Å². The second-order valence-electron chi connectivity index (χ2n) is 5.85. The van der Waals surface area contributed by atoms with Crippen molar-refractivity contribution in [1.29, 1.82) is 0 Å². The van der Waals surface area contributed by atoms with Crippen LogP contribution in [-0.2, 0) is 4.79 Å². The maximum atomic E-state index is 11.5. The summed E-state index contributed by atoms with van der Waals surface area (Å²) >= 11 is 0. The Morgan fingerprint density at radius 1 is 1.32 bits per heavy atom. The van der Waals surface area contributed by atoms with Crippen molar-refractivity contribution in [2.24, 2.45) is 11.8 Å². The van der Waals surface area contributed by atoms with E-state index in [9.17, 15) is 9.90 Å². The van der Waals surface area contributed by atoms with Crippen LogP contribution >= 0.6 is 0 Å². The van der Waals surface area contributed by atoms with Gasteiger partial charge in [0.25, 0.3) is 0 Å². The highest BCUT2D eigenvalue weighted by Gasteiger charge is 2.30. The van der Waals surface area contributed by atoms with Crippen LogP contribution in [0.25, 0.3) is 0 Å². The van der Waals surface area contributed by atoms with Crippen LogP contribution in [0, 0.1) is 18.8 Å². The molecule has 1 aromatic rings. The van der Waals surface area contributed by atoms with Crippen LogP contribution in [0.15, 0.2) is 24.3 Å². The van der Waals surface area contributed by atoms with Crippen molar-refractivity contribution < 1.29 is 9.90 Å². The molecule has 1 fully saturated rings. The van der Waals surface area contributed by atoms with Gasteiger partial charge in [0.15, 0.2) is 0 Å². The van der Waals surface area contributed by atoms with E-state index in [2.05, 4.69) is 12.2 Å². The Morgan fingerprint density at radius 3 is 2.58 bits per heavy atom. The molecule has 2 rings (SSSR count). The second kappa shape index (κ2) is 6.09. The van der Waals surface area contributed by atoms with Crippen molar-refractivity contribution in [1.82, 2.24) is 0 Å². The fourth-order valence-corrected chi connectivity index (χ4v) is 2.91. The number of hydrogen-bond donors (Lipinski definition) is 2. The molecular weight excluding hydrogens is 238 g/mol. The van der Waals surface area contributed by atoms with Crippen LogP contribution in [0.4, 0.5) is 5.69 Å². The van der Waals surface area contributed by atoms with E-state index in [0.29, 0.717) is 0 Å². The zero-order valence-corrected chi connectivity index (χ0v) is 11.7. The van der Waals surface area contributed by atoms with Crippen molar-refractivity contribution in [3.8, 4) is 0 Å². The number of carbonyl (C=O) groups is 1. The number of benzene rings is 1. The number of aryl methyl sites for hydroxylation is 1. The summed E-state index contributed by atoms with van der Waals surface area (Å²) in [7, 11) is 0. The maximum absolute atomic E-state index is 11.5. The van der Waals surface area contributed by atoms with Crippen molar-refractivity contribution in [3.05, 3.63) is 29.8 Å². The zero-order chi connectivity index (χ0) is 13.8. The molecule has 0 saturated heterocycles. The first kappa shape index (κ1) is 13.9. The predicted octanol–water partition coefficient (Wildman–Crippen LogP) is 3.69. The summed E-state index contributed by atoms with van der Waals surface area (Å²) in [5, 5.41) is 12.7. The molecule has 3 nitrogen and oxygen atoms in total. The monoisotopic (exact) mass is 261 g/mol. The fourth-order valence-electron chi connectivity index (χ4n) is 2.91. The predicted molar refractivity (Wildman–Crippen MR) is 77.3 cm³/mol. The lowest BCUT2D eigenvalue weighted by molar-refractivity contribution is -0.139. The maximum Gasteiger partial charge on any atom is 0.326 e. The summed E-state index contributed by atoms with van der Waals surface area (Å²) in [5.41, 5.74) is 2.05. The highest BCUT2D eigenvalue weighted by atomic mass is 16.4. The second-order valence-corrected chi connectivity index (χ2v) is 5.85. The van der Waals surface area contributed by atoms with Crippen LogP contribution in [0.5, 0.6) is 0 Å². The Labute approximate surface area is 115 Å². The van der Waals surface area contributed by atoms with Crippen molar-refractivity contribution in [3.63, 3.8) is 0 Å². The number of rotatable bonds is 4. The molecule has 1 aliphatic rings. The fraction of sp³-hybridized carbons (Fsp3) is 0.562. The minimum atomic E-state index is -0.735. The van der Waals surface area contributed by atoms with Crippen LogP contribution in [0.2, 0.25) is 0 Å². The topological polar surface area (TPSA) is 49.3 Å². The molecule has 0 aliphatic heterocycles. The van der Waals surface area contributed by atoms with Gasteiger partial charge in [-0.25, -0.2) is 4.79 Å². The van der Waals surface area contributed by atoms with Gasteiger partial charge in [-0.1, -0.05) is 31.9 Å². The molecule has 1 unspecified atom stereocenters. The third-order valence-electron chi connectivity index (χ3n) is 4.14. The first-order valence-corrected chi connectivity index (χ1v) is 7.12. The molecule has 0 spiro atoms. The van der Waals surface area contributed by atoms with E-state index in [1.54, 1.807) is 0 Å². The van der Waals surface area contributed by atoms with Crippen LogP contribution < -0.4 is 5.32 Å². The van der Waals surface area contributed by atoms with Crippen LogP contribution in [0.3, 0.4) is 0 Å². The number of anilines is 1. The van der Waals surface area contributed by atoms with Crippen molar-refractivity contribution >= 4 is 11.7 Å². The van der Waals surface area contributed by atoms with E-state index in [1.807, 2.05) is 31.2 Å². The minimum Gasteiger partial charge on any atom is -0.480 e. The summed E-state index contributed by atoms with van der Waals surface area (Å²) in [5.74, 6) is 0.250. The summed E-state index contributed by atoms with van der Waals surface area (Å²) in [6.45, 7) is 4.27. The quantitative estimate of drug-likeness (QED) is 0.869. The smallest absolute Gasteiger partial charge is 0.326 e. The largest absolute Gasteiger partial charge is 0.480 e. The average molecular weight is 261 g/mol. The lowest BCUT2D eigenvalue weighted by atomic mass is 9.79. The normalized spacial score (nSPS) is 24.7. The number of carboxylic acid groups (broad SMARTS) is 1. The highest BCUT2D eigenvalue weighted by molar-refractivity contribution is 5.77. The third kappa shape index (κ3) is 3.72. The minimum absolute atomic E-state index is 0.245. The van der Waals surface area contributed by atoms with Crippen molar-refractivity contribution in [2.45, 2.75) is 45.6 Å². The Kier molecular flexibility index (Phi) is 4.46. The van der Waals surface area contributed by atoms with Gasteiger partial charge in [-0.15, -0.1) is 0 Å². The molecular formula is C16H23NO2. The van der Waals surface area contributed by atoms with Gasteiger partial charge < -0.3 is 10.4 Å². The van der Waals surface area contributed by atoms with Crippen LogP contribution in [0.1, 0.15) is 38.2 Å². The highest BCUT2D eigenvalue weighted by Crippen LogP contribution is 2.31. The van der Waals surface area contributed by atoms with Crippen molar-refractivity contribution in [2.75, 3.05) is 5.32 Å². The molecule has 1 aliphatic carbocycles. The Hall–Kier alpha value is -1.51. The molecule has 0 bridgehead atoms. The first-order chi connectivity index (χ1) is 9.06. The third-order valence-corrected chi connectivity index (χ3v) is 4.14. The summed E-state index contributed by atoms with van der Waals surface area (Å²) in [6.07, 6.45) is 4.31. The van der Waals surface area contributed by atoms with Gasteiger partial charge in [-0.05, 0) is 49.3 Å². The molecule has 0 amide bonds. The van der Waals surface area contributed by atoms with Gasteiger partial charge >= 0.3 is 5.97 Å². The molecule has 1 aromatic carbocycles. The van der Waals surface area contributed by atoms with E-state index in [0.717, 1.165) is 42.9 Å². The lowest BCUT2D eigenvalue weighted by Crippen LogP contribution is -2.38. The standard InChI is InChI=1S/C16H23NO2/c1-11-6-8-13(9-7-11)15(16(18)19)17-14-5-3-4-12(2)10-14/h3-5,10-11,13,15,17H,6-9H2,1-2H3,(H,18,19). The number of carboxylic acids is 1. The molecule has 0 aromatic heterocycles. The number of aliphatic carboxylic acids is 1. The van der Waals surface area contributed by atoms with Gasteiger partial charge in [-0.2, -0.15) is 0 Å². The first-order valence-electron chi connectivity index (χ1n) is 7.12. The number of hydrogen-bond acceptors (Lipinski definition) is 2. The summed E-state index contributed by atoms with van der Waals surface area (Å²) < 4.78 is 0. The average Bonchev–Trinajstić information content (AvgIpc) is 2.37. The SMILES string of the molecule is Cc1cccc(NC(C(=O)O)C2CCC(C)CC2)c1. The molecule has 1 saturated carbocycles. The number of nitrogens with one attached hydrogen (secondary N) is 1. The van der Waals surface area contributed by atoms with E-state index in [1.165, 1.54) is 0 Å². The molecule has 2 N–H and O–H groups in total. The van der Waals surface area contributed by atoms with Gasteiger partial charge in [0, 0.05) is 5.69 Å². The van der Waals surface area contributed by atoms with E-state index in [4.69, 9.17) is 0 Å². The molecule has 0 heterocycles. The molecule has 19 heavy (non-hydrogen) atoms. The van der Waals surface area contributed by atoms with E-state index >= 15 is 0 Å². The Balaban J connectivity index is 2.06. The van der Waals surface area contributed by atoms with E-state index < -0.39 is 12.0 Å². The van der Waals surface area contributed by atoms with Gasteiger partial charge in [-0.3, -0.25) is 0 Å². The van der Waals surface area contributed by atoms with Gasteiger partial charge in [0.1, 0.15) is 6.04 Å². The van der Waals surface area contributed by atoms with Gasteiger partial charge in [0.2, 0.25) is 0 Å². The molecule has 0 radical (unpaired) electrons. The molecule has 104 valence electrons. The molecule has 1 atom stereocenters. The summed E-state index contributed by atoms with van der Waals surface area (Å²) in [4.78, 5) is 11.5. The molecule has 3 heteroatoms. The summed E-state index contributed by atoms with van der Waals surface area (Å²) in [6, 6.07) is 7.45. The zero-order valence-electron chi connectivity index (χ0n) is 11.7. The lowest BCUT2D eigenvalue weighted by Gasteiger charge is -2.31. The van der Waals surface area contributed by atoms with E-state index in [-0.39, 0.29) is 5.92 Å². The Bertz CT molecular complexity index is 436. The Morgan fingerprint density at radius 2 is 2.00 bits per heavy atom. The van der Waals surface area contributed by atoms with Gasteiger partial charge in [0.05, 0.1) is 0 Å².